The van der Waals surface area contributed by atoms with Crippen LogP contribution >= 0.6 is 0 Å². The molecule has 1 saturated heterocycles. The van der Waals surface area contributed by atoms with E-state index >= 15 is 0 Å². The molecule has 1 aliphatic rings. The van der Waals surface area contributed by atoms with Crippen LogP contribution < -0.4 is 10.2 Å². The molecule has 1 N–H and O–H groups in total. The van der Waals surface area contributed by atoms with Gasteiger partial charge >= 0.3 is 0 Å². The first-order valence-electron chi connectivity index (χ1n) is 9.76. The van der Waals surface area contributed by atoms with E-state index in [4.69, 9.17) is 0 Å². The molecule has 1 heterocycles. The molecule has 0 spiro atoms. The van der Waals surface area contributed by atoms with Gasteiger partial charge in [0.15, 0.2) is 0 Å². The zero-order valence-corrected chi connectivity index (χ0v) is 16.6. The topological polar surface area (TPSA) is 75.5 Å². The Morgan fingerprint density at radius 3 is 2.57 bits per heavy atom. The summed E-state index contributed by atoms with van der Waals surface area (Å²) in [6.07, 6.45) is 2.52. The van der Waals surface area contributed by atoms with Gasteiger partial charge in [-0.1, -0.05) is 19.1 Å². The molecule has 0 saturated carbocycles. The minimum Gasteiger partial charge on any atom is -0.371 e. The normalized spacial score (nSPS) is 17.8. The number of anilines is 1. The van der Waals surface area contributed by atoms with Crippen molar-refractivity contribution in [1.29, 1.82) is 0 Å². The Labute approximate surface area is 165 Å². The van der Waals surface area contributed by atoms with Crippen LogP contribution in [0, 0.1) is 23.0 Å². The van der Waals surface area contributed by atoms with Gasteiger partial charge in [0.2, 0.25) is 0 Å². The summed E-state index contributed by atoms with van der Waals surface area (Å²) in [5, 5.41) is 13.9. The van der Waals surface area contributed by atoms with Crippen LogP contribution in [0.3, 0.4) is 0 Å². The number of hydrogen-bond acceptors (Lipinski definition) is 4. The lowest BCUT2D eigenvalue weighted by atomic mass is 9.99. The van der Waals surface area contributed by atoms with E-state index in [-0.39, 0.29) is 17.6 Å². The molecule has 6 nitrogen and oxygen atoms in total. The molecule has 2 unspecified atom stereocenters. The predicted octanol–water partition coefficient (Wildman–Crippen LogP) is 4.63. The van der Waals surface area contributed by atoms with E-state index in [1.807, 2.05) is 6.92 Å². The molecular formula is C22H27N3O3. The van der Waals surface area contributed by atoms with Crippen LogP contribution in [0.2, 0.25) is 0 Å². The van der Waals surface area contributed by atoms with Gasteiger partial charge in [-0.05, 0) is 62.4 Å². The van der Waals surface area contributed by atoms with Gasteiger partial charge in [0.05, 0.1) is 11.0 Å². The maximum absolute atomic E-state index is 12.5. The van der Waals surface area contributed by atoms with Gasteiger partial charge < -0.3 is 10.2 Å². The fraction of sp³-hybridized carbons (Fsp3) is 0.409. The van der Waals surface area contributed by atoms with E-state index in [9.17, 15) is 14.9 Å². The van der Waals surface area contributed by atoms with E-state index in [0.29, 0.717) is 11.1 Å². The molecule has 2 aromatic rings. The molecule has 0 bridgehead atoms. The number of nitrogens with one attached hydrogen (secondary N) is 1. The first-order chi connectivity index (χ1) is 13.3. The van der Waals surface area contributed by atoms with Crippen LogP contribution in [0.4, 0.5) is 11.4 Å². The molecule has 1 amide bonds. The number of rotatable bonds is 5. The Hall–Kier alpha value is -2.89. The zero-order valence-electron chi connectivity index (χ0n) is 16.6. The number of piperidine rings is 1. The summed E-state index contributed by atoms with van der Waals surface area (Å²) in [7, 11) is 0. The van der Waals surface area contributed by atoms with Crippen molar-refractivity contribution in [2.24, 2.45) is 5.92 Å². The van der Waals surface area contributed by atoms with Crippen LogP contribution in [0.15, 0.2) is 42.5 Å². The number of nitro groups is 1. The molecule has 6 heteroatoms. The largest absolute Gasteiger partial charge is 0.371 e. The fourth-order valence-corrected chi connectivity index (χ4v) is 3.76. The minimum atomic E-state index is -0.440. The highest BCUT2D eigenvalue weighted by Gasteiger charge is 2.18. The van der Waals surface area contributed by atoms with Crippen molar-refractivity contribution < 1.29 is 9.72 Å². The third-order valence-electron chi connectivity index (χ3n) is 5.42. The SMILES string of the molecule is Cc1cc(C(=O)NC(C)c2ccc(N3CCCC(C)C3)cc2)ccc1[N+](=O)[O-]. The summed E-state index contributed by atoms with van der Waals surface area (Å²) in [4.78, 5) is 25.4. The van der Waals surface area contributed by atoms with Crippen LogP contribution in [0.5, 0.6) is 0 Å². The van der Waals surface area contributed by atoms with Gasteiger partial charge in [0, 0.05) is 36.0 Å². The Morgan fingerprint density at radius 2 is 1.96 bits per heavy atom. The second-order valence-corrected chi connectivity index (χ2v) is 7.74. The Morgan fingerprint density at radius 1 is 1.25 bits per heavy atom. The quantitative estimate of drug-likeness (QED) is 0.605. The van der Waals surface area contributed by atoms with E-state index in [2.05, 4.69) is 41.4 Å². The highest BCUT2D eigenvalue weighted by molar-refractivity contribution is 5.95. The standard InChI is InChI=1S/C22H27N3O3/c1-15-5-4-12-24(14-15)20-9-6-18(7-10-20)17(3)23-22(26)19-8-11-21(25(27)28)16(2)13-19/h6-11,13,15,17H,4-5,12,14H2,1-3H3,(H,23,26). The Kier molecular flexibility index (Phi) is 5.97. The molecule has 0 aliphatic carbocycles. The first kappa shape index (κ1) is 19.9. The van der Waals surface area contributed by atoms with Gasteiger partial charge in [-0.2, -0.15) is 0 Å². The van der Waals surface area contributed by atoms with Crippen molar-refractivity contribution >= 4 is 17.3 Å². The van der Waals surface area contributed by atoms with Gasteiger partial charge in [0.1, 0.15) is 0 Å². The highest BCUT2D eigenvalue weighted by Crippen LogP contribution is 2.25. The molecule has 1 aliphatic heterocycles. The summed E-state index contributed by atoms with van der Waals surface area (Å²) >= 11 is 0. The van der Waals surface area contributed by atoms with Crippen molar-refractivity contribution in [3.63, 3.8) is 0 Å². The lowest BCUT2D eigenvalue weighted by Gasteiger charge is -2.33. The predicted molar refractivity (Wildman–Crippen MR) is 111 cm³/mol. The number of benzene rings is 2. The molecule has 28 heavy (non-hydrogen) atoms. The highest BCUT2D eigenvalue weighted by atomic mass is 16.6. The third kappa shape index (κ3) is 4.50. The van der Waals surface area contributed by atoms with E-state index in [0.717, 1.165) is 24.6 Å². The summed E-state index contributed by atoms with van der Waals surface area (Å²) in [6, 6.07) is 12.6. The number of aryl methyl sites for hydroxylation is 1. The molecule has 148 valence electrons. The molecular weight excluding hydrogens is 354 g/mol. The number of amides is 1. The number of hydrogen-bond donors (Lipinski definition) is 1. The maximum Gasteiger partial charge on any atom is 0.272 e. The van der Waals surface area contributed by atoms with Crippen LogP contribution in [-0.4, -0.2) is 23.9 Å². The van der Waals surface area contributed by atoms with Gasteiger partial charge in [-0.15, -0.1) is 0 Å². The number of carbonyl (C=O) groups excluding carboxylic acids is 1. The third-order valence-corrected chi connectivity index (χ3v) is 5.42. The van der Waals surface area contributed by atoms with E-state index in [1.165, 1.54) is 30.7 Å². The second kappa shape index (κ2) is 8.42. The summed E-state index contributed by atoms with van der Waals surface area (Å²) in [5.41, 5.74) is 3.17. The number of nitrogens with zero attached hydrogens (tertiary/aromatic N) is 2. The molecule has 2 aromatic carbocycles. The molecule has 0 radical (unpaired) electrons. The molecule has 1 fully saturated rings. The summed E-state index contributed by atoms with van der Waals surface area (Å²) in [6.45, 7) is 8.05. The van der Waals surface area contributed by atoms with Crippen molar-refractivity contribution in [3.05, 3.63) is 69.3 Å². The van der Waals surface area contributed by atoms with Crippen LogP contribution in [0.25, 0.3) is 0 Å². The van der Waals surface area contributed by atoms with Gasteiger partial charge in [0.25, 0.3) is 11.6 Å². The molecule has 3 rings (SSSR count). The number of nitro benzene ring substituents is 1. The second-order valence-electron chi connectivity index (χ2n) is 7.74. The maximum atomic E-state index is 12.5. The van der Waals surface area contributed by atoms with Crippen molar-refractivity contribution in [2.75, 3.05) is 18.0 Å². The van der Waals surface area contributed by atoms with Gasteiger partial charge in [-0.3, -0.25) is 14.9 Å². The smallest absolute Gasteiger partial charge is 0.272 e. The van der Waals surface area contributed by atoms with Crippen molar-refractivity contribution in [3.8, 4) is 0 Å². The average molecular weight is 381 g/mol. The van der Waals surface area contributed by atoms with Gasteiger partial charge in [-0.25, -0.2) is 0 Å². The monoisotopic (exact) mass is 381 g/mol. The van der Waals surface area contributed by atoms with Crippen molar-refractivity contribution in [2.45, 2.75) is 39.7 Å². The Balaban J connectivity index is 1.65. The lowest BCUT2D eigenvalue weighted by Crippen LogP contribution is -2.34. The van der Waals surface area contributed by atoms with Crippen LogP contribution in [0.1, 0.15) is 54.2 Å². The molecule has 2 atom stereocenters. The Bertz CT molecular complexity index is 864. The van der Waals surface area contributed by atoms with Crippen LogP contribution in [-0.2, 0) is 0 Å². The summed E-state index contributed by atoms with van der Waals surface area (Å²) < 4.78 is 0. The van der Waals surface area contributed by atoms with Crippen molar-refractivity contribution in [1.82, 2.24) is 5.32 Å². The lowest BCUT2D eigenvalue weighted by molar-refractivity contribution is -0.385. The fourth-order valence-electron chi connectivity index (χ4n) is 3.76. The molecule has 0 aromatic heterocycles. The first-order valence-corrected chi connectivity index (χ1v) is 9.76. The zero-order chi connectivity index (χ0) is 20.3. The average Bonchev–Trinajstić information content (AvgIpc) is 2.67. The summed E-state index contributed by atoms with van der Waals surface area (Å²) in [5.74, 6) is 0.483. The number of carbonyl (C=O) groups is 1. The van der Waals surface area contributed by atoms with E-state index in [1.54, 1.807) is 13.0 Å². The minimum absolute atomic E-state index is 0.0206. The van der Waals surface area contributed by atoms with E-state index < -0.39 is 4.92 Å².